The van der Waals surface area contributed by atoms with Crippen LogP contribution in [0, 0.1) is 11.6 Å². The van der Waals surface area contributed by atoms with Gasteiger partial charge in [-0.1, -0.05) is 24.3 Å². The average molecular weight is 442 g/mol. The zero-order valence-corrected chi connectivity index (χ0v) is 17.5. The maximum absolute atomic E-state index is 14.0. The Kier molecular flexibility index (Phi) is 5.32. The van der Waals surface area contributed by atoms with Gasteiger partial charge in [0.1, 0.15) is 11.6 Å². The first kappa shape index (κ1) is 20.8. The van der Waals surface area contributed by atoms with Crippen molar-refractivity contribution < 1.29 is 13.6 Å². The largest absolute Gasteiger partial charge is 0.360 e. The summed E-state index contributed by atoms with van der Waals surface area (Å²) in [6, 6.07) is 17.9. The number of halogens is 2. The van der Waals surface area contributed by atoms with E-state index in [1.807, 2.05) is 24.3 Å². The van der Waals surface area contributed by atoms with Crippen LogP contribution in [0.5, 0.6) is 0 Å². The van der Waals surface area contributed by atoms with Gasteiger partial charge >= 0.3 is 0 Å². The van der Waals surface area contributed by atoms with E-state index in [1.165, 1.54) is 24.3 Å². The molecule has 2 aromatic heterocycles. The number of nitrogens with one attached hydrogen (secondary N) is 2. The van der Waals surface area contributed by atoms with Crippen LogP contribution in [0.25, 0.3) is 33.1 Å². The smallest absolute Gasteiger partial charge is 0.252 e. The van der Waals surface area contributed by atoms with E-state index >= 15 is 0 Å². The molecule has 5 rings (SSSR count). The van der Waals surface area contributed by atoms with Crippen LogP contribution < -0.4 is 11.1 Å². The first-order valence-electron chi connectivity index (χ1n) is 10.5. The van der Waals surface area contributed by atoms with Gasteiger partial charge in [0.2, 0.25) is 0 Å². The first-order chi connectivity index (χ1) is 16.0. The molecule has 164 valence electrons. The van der Waals surface area contributed by atoms with Gasteiger partial charge in [0, 0.05) is 47.2 Å². The zero-order valence-electron chi connectivity index (χ0n) is 17.5. The molecule has 2 heterocycles. The number of H-pyrrole nitrogens is 1. The number of rotatable bonds is 5. The lowest BCUT2D eigenvalue weighted by Crippen LogP contribution is -2.23. The fraction of sp³-hybridized carbons (Fsp3) is 0.0769. The maximum atomic E-state index is 14.0. The molecule has 1 amide bonds. The number of aromatic nitrogens is 2. The molecule has 0 saturated heterocycles. The Morgan fingerprint density at radius 3 is 2.36 bits per heavy atom. The van der Waals surface area contributed by atoms with E-state index in [9.17, 15) is 13.6 Å². The molecular formula is C26H20F2N4O. The highest BCUT2D eigenvalue weighted by molar-refractivity contribution is 6.08. The number of pyridine rings is 1. The number of hydrogen-bond acceptors (Lipinski definition) is 3. The predicted octanol–water partition coefficient (Wildman–Crippen LogP) is 5.05. The lowest BCUT2D eigenvalue weighted by Gasteiger charge is -2.11. The first-order valence-corrected chi connectivity index (χ1v) is 10.5. The van der Waals surface area contributed by atoms with E-state index in [0.717, 1.165) is 16.5 Å². The third kappa shape index (κ3) is 4.06. The Morgan fingerprint density at radius 2 is 1.61 bits per heavy atom. The Labute approximate surface area is 188 Å². The van der Waals surface area contributed by atoms with Crippen LogP contribution >= 0.6 is 0 Å². The number of nitrogens with zero attached hydrogens (tertiary/aromatic N) is 1. The van der Waals surface area contributed by atoms with Gasteiger partial charge in [0.05, 0.1) is 16.8 Å². The van der Waals surface area contributed by atoms with Crippen molar-refractivity contribution in [2.45, 2.75) is 13.1 Å². The van der Waals surface area contributed by atoms with Gasteiger partial charge in [-0.15, -0.1) is 0 Å². The molecule has 0 unspecified atom stereocenters. The number of nitrogens with two attached hydrogens (primary N) is 1. The van der Waals surface area contributed by atoms with E-state index in [-0.39, 0.29) is 11.7 Å². The highest BCUT2D eigenvalue weighted by Gasteiger charge is 2.17. The van der Waals surface area contributed by atoms with Crippen LogP contribution in [0.2, 0.25) is 0 Å². The minimum absolute atomic E-state index is 0.302. The van der Waals surface area contributed by atoms with Gasteiger partial charge in [-0.05, 0) is 47.5 Å². The van der Waals surface area contributed by atoms with E-state index in [2.05, 4.69) is 15.3 Å². The molecule has 0 radical (unpaired) electrons. The summed E-state index contributed by atoms with van der Waals surface area (Å²) in [7, 11) is 0. The molecule has 5 nitrogen and oxygen atoms in total. The summed E-state index contributed by atoms with van der Waals surface area (Å²) in [4.78, 5) is 20.8. The highest BCUT2D eigenvalue weighted by Crippen LogP contribution is 2.31. The average Bonchev–Trinajstić information content (AvgIpc) is 3.25. The topological polar surface area (TPSA) is 83.8 Å². The minimum Gasteiger partial charge on any atom is -0.360 e. The molecule has 0 fully saturated rings. The summed E-state index contributed by atoms with van der Waals surface area (Å²) in [5.74, 6) is -1.10. The fourth-order valence-electron chi connectivity index (χ4n) is 3.91. The Balaban J connectivity index is 1.54. The van der Waals surface area contributed by atoms with Crippen molar-refractivity contribution in [2.24, 2.45) is 5.73 Å². The van der Waals surface area contributed by atoms with Gasteiger partial charge in [-0.3, -0.25) is 4.79 Å². The van der Waals surface area contributed by atoms with Crippen LogP contribution in [0.15, 0.2) is 72.9 Å². The summed E-state index contributed by atoms with van der Waals surface area (Å²) in [6.45, 7) is 0.784. The number of benzene rings is 3. The van der Waals surface area contributed by atoms with E-state index in [0.29, 0.717) is 46.3 Å². The number of amides is 1. The van der Waals surface area contributed by atoms with E-state index in [4.69, 9.17) is 5.73 Å². The van der Waals surface area contributed by atoms with Crippen LogP contribution in [0.4, 0.5) is 8.78 Å². The SMILES string of the molecule is NCc1ccc(CNC(=O)c2cc(-c3c[nH]c4cc(F)ccc34)nc3cc(F)ccc23)cc1. The molecule has 5 aromatic rings. The molecule has 0 aliphatic carbocycles. The highest BCUT2D eigenvalue weighted by atomic mass is 19.1. The van der Waals surface area contributed by atoms with Crippen molar-refractivity contribution in [3.63, 3.8) is 0 Å². The molecule has 33 heavy (non-hydrogen) atoms. The van der Waals surface area contributed by atoms with Crippen molar-refractivity contribution in [2.75, 3.05) is 0 Å². The Morgan fingerprint density at radius 1 is 0.909 bits per heavy atom. The number of aromatic amines is 1. The zero-order chi connectivity index (χ0) is 22.9. The predicted molar refractivity (Wildman–Crippen MR) is 124 cm³/mol. The van der Waals surface area contributed by atoms with E-state index in [1.54, 1.807) is 24.4 Å². The summed E-state index contributed by atoms with van der Waals surface area (Å²) in [5, 5.41) is 4.23. The number of hydrogen-bond donors (Lipinski definition) is 3. The maximum Gasteiger partial charge on any atom is 0.252 e. The molecule has 0 bridgehead atoms. The molecule has 0 saturated carbocycles. The van der Waals surface area contributed by atoms with Crippen LogP contribution in [0.3, 0.4) is 0 Å². The van der Waals surface area contributed by atoms with Crippen LogP contribution in [-0.4, -0.2) is 15.9 Å². The van der Waals surface area contributed by atoms with Gasteiger partial charge < -0.3 is 16.0 Å². The minimum atomic E-state index is -0.445. The van der Waals surface area contributed by atoms with Gasteiger partial charge in [-0.2, -0.15) is 0 Å². The van der Waals surface area contributed by atoms with Crippen LogP contribution in [-0.2, 0) is 13.1 Å². The molecule has 0 atom stereocenters. The summed E-state index contributed by atoms with van der Waals surface area (Å²) in [6.07, 6.45) is 1.71. The molecule has 0 aliphatic rings. The molecule has 0 aliphatic heterocycles. The van der Waals surface area contributed by atoms with Crippen molar-refractivity contribution in [1.82, 2.24) is 15.3 Å². The molecule has 7 heteroatoms. The summed E-state index contributed by atoms with van der Waals surface area (Å²) >= 11 is 0. The van der Waals surface area contributed by atoms with Crippen molar-refractivity contribution in [3.8, 4) is 11.3 Å². The third-order valence-electron chi connectivity index (χ3n) is 5.65. The molecule has 3 aromatic carbocycles. The lowest BCUT2D eigenvalue weighted by atomic mass is 10.0. The monoisotopic (exact) mass is 442 g/mol. The summed E-state index contributed by atoms with van der Waals surface area (Å²) < 4.78 is 27.6. The number of carbonyl (C=O) groups is 1. The fourth-order valence-corrected chi connectivity index (χ4v) is 3.91. The lowest BCUT2D eigenvalue weighted by molar-refractivity contribution is 0.0952. The molecule has 0 spiro atoms. The quantitative estimate of drug-likeness (QED) is 0.356. The van der Waals surface area contributed by atoms with Gasteiger partial charge in [0.25, 0.3) is 5.91 Å². The Bertz CT molecular complexity index is 1490. The standard InChI is InChI=1S/C26H20F2N4O/c27-17-6-8-20-22(14-30-23(20)9-17)25-11-21(19-7-5-18(28)10-24(19)32-25)26(33)31-13-16-3-1-15(12-29)2-4-16/h1-11,14,30H,12-13,29H2,(H,31,33). The second kappa shape index (κ2) is 8.44. The molecular weight excluding hydrogens is 422 g/mol. The Hall–Kier alpha value is -4.10. The van der Waals surface area contributed by atoms with Crippen molar-refractivity contribution in [3.05, 3.63) is 101 Å². The van der Waals surface area contributed by atoms with Crippen molar-refractivity contribution in [1.29, 1.82) is 0 Å². The second-order valence-corrected chi connectivity index (χ2v) is 7.81. The van der Waals surface area contributed by atoms with Gasteiger partial charge in [0.15, 0.2) is 0 Å². The third-order valence-corrected chi connectivity index (χ3v) is 5.65. The molecule has 4 N–H and O–H groups in total. The normalized spacial score (nSPS) is 11.2. The van der Waals surface area contributed by atoms with Crippen molar-refractivity contribution >= 4 is 27.7 Å². The van der Waals surface area contributed by atoms with Crippen LogP contribution in [0.1, 0.15) is 21.5 Å². The number of fused-ring (bicyclic) bond motifs is 2. The number of carbonyl (C=O) groups excluding carboxylic acids is 1. The van der Waals surface area contributed by atoms with E-state index < -0.39 is 5.82 Å². The second-order valence-electron chi connectivity index (χ2n) is 7.81. The summed E-state index contributed by atoms with van der Waals surface area (Å²) in [5.41, 5.74) is 10.1. The van der Waals surface area contributed by atoms with Gasteiger partial charge in [-0.25, -0.2) is 13.8 Å².